The Morgan fingerprint density at radius 3 is 2.73 bits per heavy atom. The van der Waals surface area contributed by atoms with Crippen molar-refractivity contribution in [2.75, 3.05) is 5.73 Å². The van der Waals surface area contributed by atoms with Crippen LogP contribution in [0, 0.1) is 0 Å². The molecule has 3 N–H and O–H groups in total. The molecule has 0 spiro atoms. The van der Waals surface area contributed by atoms with Gasteiger partial charge in [0.2, 0.25) is 0 Å². The number of carboxylic acid groups (broad SMARTS) is 1. The van der Waals surface area contributed by atoms with Crippen LogP contribution in [-0.2, 0) is 7.05 Å². The SMILES string of the molecule is Cn1c(C(=O)O)cc2cc(N)cc(Cl)c21. The van der Waals surface area contributed by atoms with Gasteiger partial charge in [-0.3, -0.25) is 0 Å². The van der Waals surface area contributed by atoms with Crippen molar-refractivity contribution in [3.8, 4) is 0 Å². The quantitative estimate of drug-likeness (QED) is 0.729. The first-order valence-corrected chi connectivity index (χ1v) is 4.66. The van der Waals surface area contributed by atoms with E-state index in [2.05, 4.69) is 0 Å². The third-order valence-corrected chi connectivity index (χ3v) is 2.61. The molecule has 15 heavy (non-hydrogen) atoms. The molecule has 0 bridgehead atoms. The molecule has 0 fully saturated rings. The van der Waals surface area contributed by atoms with E-state index in [4.69, 9.17) is 22.4 Å². The number of aromatic carboxylic acids is 1. The summed E-state index contributed by atoms with van der Waals surface area (Å²) in [4.78, 5) is 10.9. The van der Waals surface area contributed by atoms with Gasteiger partial charge in [-0.25, -0.2) is 4.79 Å². The standard InChI is InChI=1S/C10H9ClN2O2/c1-13-8(10(14)15)3-5-2-6(12)4-7(11)9(5)13/h2-4H,12H2,1H3,(H,14,15). The molecule has 0 aliphatic rings. The zero-order valence-corrected chi connectivity index (χ0v) is 8.75. The summed E-state index contributed by atoms with van der Waals surface area (Å²) in [5.74, 6) is -0.983. The molecular weight excluding hydrogens is 216 g/mol. The molecule has 5 heteroatoms. The van der Waals surface area contributed by atoms with E-state index in [0.717, 1.165) is 5.39 Å². The van der Waals surface area contributed by atoms with Crippen LogP contribution in [-0.4, -0.2) is 15.6 Å². The summed E-state index contributed by atoms with van der Waals surface area (Å²) in [6.45, 7) is 0. The fourth-order valence-electron chi connectivity index (χ4n) is 1.68. The van der Waals surface area contributed by atoms with E-state index in [9.17, 15) is 4.79 Å². The van der Waals surface area contributed by atoms with Gasteiger partial charge in [0, 0.05) is 18.1 Å². The number of halogens is 1. The number of nitrogens with two attached hydrogens (primary N) is 1. The van der Waals surface area contributed by atoms with Crippen molar-refractivity contribution in [2.24, 2.45) is 7.05 Å². The van der Waals surface area contributed by atoms with Crippen molar-refractivity contribution < 1.29 is 9.90 Å². The monoisotopic (exact) mass is 224 g/mol. The van der Waals surface area contributed by atoms with E-state index in [1.807, 2.05) is 0 Å². The van der Waals surface area contributed by atoms with Gasteiger partial charge in [0.15, 0.2) is 0 Å². The molecule has 0 atom stereocenters. The van der Waals surface area contributed by atoms with Gasteiger partial charge in [0.1, 0.15) is 5.69 Å². The lowest BCUT2D eigenvalue weighted by atomic mass is 10.2. The molecule has 0 aliphatic heterocycles. The number of fused-ring (bicyclic) bond motifs is 1. The largest absolute Gasteiger partial charge is 0.477 e. The molecule has 2 aromatic rings. The summed E-state index contributed by atoms with van der Waals surface area (Å²) in [6, 6.07) is 4.86. The van der Waals surface area contributed by atoms with Crippen LogP contribution < -0.4 is 5.73 Å². The number of rotatable bonds is 1. The number of aromatic nitrogens is 1. The van der Waals surface area contributed by atoms with E-state index >= 15 is 0 Å². The van der Waals surface area contributed by atoms with Crippen LogP contribution in [0.15, 0.2) is 18.2 Å². The number of hydrogen-bond donors (Lipinski definition) is 2. The minimum absolute atomic E-state index is 0.192. The highest BCUT2D eigenvalue weighted by atomic mass is 35.5. The number of nitrogen functional groups attached to an aromatic ring is 1. The summed E-state index contributed by atoms with van der Waals surface area (Å²) >= 11 is 5.99. The van der Waals surface area contributed by atoms with Gasteiger partial charge >= 0.3 is 5.97 Å². The second-order valence-corrected chi connectivity index (χ2v) is 3.74. The molecule has 1 aromatic heterocycles. The maximum absolute atomic E-state index is 10.9. The fraction of sp³-hybridized carbons (Fsp3) is 0.100. The first-order chi connectivity index (χ1) is 7.00. The predicted octanol–water partition coefficient (Wildman–Crippen LogP) is 2.11. The normalized spacial score (nSPS) is 10.8. The van der Waals surface area contributed by atoms with Gasteiger partial charge in [0.05, 0.1) is 10.5 Å². The van der Waals surface area contributed by atoms with Gasteiger partial charge in [-0.2, -0.15) is 0 Å². The minimum atomic E-state index is -0.983. The van der Waals surface area contributed by atoms with Crippen molar-refractivity contribution in [3.05, 3.63) is 28.9 Å². The summed E-state index contributed by atoms with van der Waals surface area (Å²) in [5.41, 5.74) is 7.02. The maximum atomic E-state index is 10.9. The number of benzene rings is 1. The van der Waals surface area contributed by atoms with Crippen LogP contribution in [0.4, 0.5) is 5.69 Å². The average Bonchev–Trinajstić information content (AvgIpc) is 2.42. The number of carboxylic acids is 1. The Morgan fingerprint density at radius 1 is 1.47 bits per heavy atom. The fourth-order valence-corrected chi connectivity index (χ4v) is 2.04. The number of aryl methyl sites for hydroxylation is 1. The zero-order valence-electron chi connectivity index (χ0n) is 7.99. The molecule has 1 aromatic carbocycles. The molecule has 0 radical (unpaired) electrons. The van der Waals surface area contributed by atoms with E-state index in [1.165, 1.54) is 0 Å². The Balaban J connectivity index is 2.88. The number of nitrogens with zero attached hydrogens (tertiary/aromatic N) is 1. The summed E-state index contributed by atoms with van der Waals surface area (Å²) in [6.07, 6.45) is 0. The van der Waals surface area contributed by atoms with E-state index < -0.39 is 5.97 Å². The number of hydrogen-bond acceptors (Lipinski definition) is 2. The molecule has 0 saturated heterocycles. The lowest BCUT2D eigenvalue weighted by molar-refractivity contribution is 0.0687. The molecule has 1 heterocycles. The molecule has 0 unspecified atom stereocenters. The third kappa shape index (κ3) is 1.43. The Morgan fingerprint density at radius 2 is 2.13 bits per heavy atom. The summed E-state index contributed by atoms with van der Waals surface area (Å²) in [5, 5.41) is 10.1. The minimum Gasteiger partial charge on any atom is -0.477 e. The average molecular weight is 225 g/mol. The second-order valence-electron chi connectivity index (χ2n) is 3.33. The van der Waals surface area contributed by atoms with Crippen LogP contribution in [0.25, 0.3) is 10.9 Å². The second kappa shape index (κ2) is 3.17. The van der Waals surface area contributed by atoms with Gasteiger partial charge in [-0.15, -0.1) is 0 Å². The van der Waals surface area contributed by atoms with Crippen molar-refractivity contribution in [3.63, 3.8) is 0 Å². The predicted molar refractivity (Wildman–Crippen MR) is 59.3 cm³/mol. The van der Waals surface area contributed by atoms with Crippen LogP contribution >= 0.6 is 11.6 Å². The summed E-state index contributed by atoms with van der Waals surface area (Å²) in [7, 11) is 1.66. The topological polar surface area (TPSA) is 68.2 Å². The molecule has 0 saturated carbocycles. The highest BCUT2D eigenvalue weighted by Crippen LogP contribution is 2.28. The Hall–Kier alpha value is -1.68. The third-order valence-electron chi connectivity index (χ3n) is 2.32. The molecule has 4 nitrogen and oxygen atoms in total. The highest BCUT2D eigenvalue weighted by molar-refractivity contribution is 6.35. The molecule has 78 valence electrons. The Bertz CT molecular complexity index is 560. The van der Waals surface area contributed by atoms with E-state index in [1.54, 1.807) is 29.8 Å². The van der Waals surface area contributed by atoms with Gasteiger partial charge < -0.3 is 15.4 Å². The van der Waals surface area contributed by atoms with Gasteiger partial charge in [-0.1, -0.05) is 11.6 Å². The highest BCUT2D eigenvalue weighted by Gasteiger charge is 2.14. The first-order valence-electron chi connectivity index (χ1n) is 4.28. The molecular formula is C10H9ClN2O2. The van der Waals surface area contributed by atoms with Crippen molar-refractivity contribution in [1.29, 1.82) is 0 Å². The van der Waals surface area contributed by atoms with E-state index in [0.29, 0.717) is 16.2 Å². The van der Waals surface area contributed by atoms with Crippen LogP contribution in [0.3, 0.4) is 0 Å². The van der Waals surface area contributed by atoms with Crippen molar-refractivity contribution in [2.45, 2.75) is 0 Å². The number of carbonyl (C=O) groups is 1. The molecule has 0 aliphatic carbocycles. The molecule has 0 amide bonds. The molecule has 2 rings (SSSR count). The number of anilines is 1. The first kappa shape index (κ1) is 9.86. The van der Waals surface area contributed by atoms with Crippen molar-refractivity contribution >= 4 is 34.2 Å². The lowest BCUT2D eigenvalue weighted by Gasteiger charge is -2.02. The lowest BCUT2D eigenvalue weighted by Crippen LogP contribution is -2.03. The maximum Gasteiger partial charge on any atom is 0.352 e. The van der Waals surface area contributed by atoms with Crippen LogP contribution in [0.1, 0.15) is 10.5 Å². The Kier molecular flexibility index (Phi) is 2.08. The van der Waals surface area contributed by atoms with Crippen LogP contribution in [0.5, 0.6) is 0 Å². The van der Waals surface area contributed by atoms with E-state index in [-0.39, 0.29) is 5.69 Å². The van der Waals surface area contributed by atoms with Crippen LogP contribution in [0.2, 0.25) is 5.02 Å². The van der Waals surface area contributed by atoms with Gasteiger partial charge in [-0.05, 0) is 18.2 Å². The van der Waals surface area contributed by atoms with Crippen molar-refractivity contribution in [1.82, 2.24) is 4.57 Å². The van der Waals surface area contributed by atoms with Gasteiger partial charge in [0.25, 0.3) is 0 Å². The zero-order chi connectivity index (χ0) is 11.2. The summed E-state index contributed by atoms with van der Waals surface area (Å²) < 4.78 is 1.54. The Labute approximate surface area is 90.9 Å². The smallest absolute Gasteiger partial charge is 0.352 e.